The predicted octanol–water partition coefficient (Wildman–Crippen LogP) is 3.69. The van der Waals surface area contributed by atoms with Gasteiger partial charge in [-0.25, -0.2) is 4.79 Å². The van der Waals surface area contributed by atoms with E-state index in [4.69, 9.17) is 4.74 Å². The summed E-state index contributed by atoms with van der Waals surface area (Å²) in [6.07, 6.45) is 1.86. The summed E-state index contributed by atoms with van der Waals surface area (Å²) in [5.74, 6) is -0.455. The molecule has 0 fully saturated rings. The van der Waals surface area contributed by atoms with Crippen LogP contribution in [0, 0.1) is 6.92 Å². The highest BCUT2D eigenvalue weighted by atomic mass is 16.5. The van der Waals surface area contributed by atoms with Gasteiger partial charge in [0.25, 0.3) is 5.91 Å². The summed E-state index contributed by atoms with van der Waals surface area (Å²) in [4.78, 5) is 26.2. The Labute approximate surface area is 141 Å². The molecule has 1 aliphatic rings. The molecule has 1 heterocycles. The lowest BCUT2D eigenvalue weighted by atomic mass is 10.0. The van der Waals surface area contributed by atoms with Crippen molar-refractivity contribution < 1.29 is 14.3 Å². The van der Waals surface area contributed by atoms with Crippen molar-refractivity contribution in [2.75, 3.05) is 18.6 Å². The molecule has 4 nitrogen and oxygen atoms in total. The van der Waals surface area contributed by atoms with Gasteiger partial charge in [0.1, 0.15) is 0 Å². The number of carbonyl (C=O) groups excluding carboxylic acids is 2. The van der Waals surface area contributed by atoms with Crippen LogP contribution in [0.5, 0.6) is 0 Å². The zero-order valence-corrected chi connectivity index (χ0v) is 14.0. The summed E-state index contributed by atoms with van der Waals surface area (Å²) in [6.45, 7) is 4.11. The zero-order valence-electron chi connectivity index (χ0n) is 14.0. The first-order valence-electron chi connectivity index (χ1n) is 7.89. The number of nitrogens with zero attached hydrogens (tertiary/aromatic N) is 1. The second-order valence-corrected chi connectivity index (χ2v) is 5.79. The van der Waals surface area contributed by atoms with E-state index in [9.17, 15) is 9.59 Å². The summed E-state index contributed by atoms with van der Waals surface area (Å²) in [5, 5.41) is 0. The van der Waals surface area contributed by atoms with Crippen LogP contribution >= 0.6 is 0 Å². The molecular weight excluding hydrogens is 302 g/mol. The average Bonchev–Trinajstić information content (AvgIpc) is 2.81. The minimum absolute atomic E-state index is 0.0772. The molecule has 0 aromatic heterocycles. The Morgan fingerprint density at radius 2 is 1.88 bits per heavy atom. The van der Waals surface area contributed by atoms with Crippen molar-refractivity contribution in [1.29, 1.82) is 0 Å². The highest BCUT2D eigenvalue weighted by molar-refractivity contribution is 6.35. The fourth-order valence-corrected chi connectivity index (χ4v) is 2.76. The first kappa shape index (κ1) is 16.0. The molecule has 0 bridgehead atoms. The van der Waals surface area contributed by atoms with Gasteiger partial charge in [-0.1, -0.05) is 29.8 Å². The second-order valence-electron chi connectivity index (χ2n) is 5.79. The number of amides is 1. The molecule has 3 rings (SSSR count). The van der Waals surface area contributed by atoms with Crippen LogP contribution in [0.3, 0.4) is 0 Å². The number of fused-ring (bicyclic) bond motifs is 1. The van der Waals surface area contributed by atoms with Crippen LogP contribution in [0.4, 0.5) is 5.69 Å². The van der Waals surface area contributed by atoms with Crippen molar-refractivity contribution in [2.45, 2.75) is 13.8 Å². The highest BCUT2D eigenvalue weighted by Crippen LogP contribution is 2.37. The minimum atomic E-state index is -0.378. The van der Waals surface area contributed by atoms with E-state index < -0.39 is 0 Å². The van der Waals surface area contributed by atoms with Crippen molar-refractivity contribution in [1.82, 2.24) is 0 Å². The van der Waals surface area contributed by atoms with Gasteiger partial charge in [-0.05, 0) is 43.7 Å². The largest absolute Gasteiger partial charge is 0.462 e. The van der Waals surface area contributed by atoms with Crippen LogP contribution in [0.15, 0.2) is 42.5 Å². The minimum Gasteiger partial charge on any atom is -0.462 e. The Balaban J connectivity index is 2.07. The number of esters is 1. The molecule has 1 amide bonds. The lowest BCUT2D eigenvalue weighted by molar-refractivity contribution is -0.112. The van der Waals surface area contributed by atoms with Gasteiger partial charge in [0, 0.05) is 18.2 Å². The van der Waals surface area contributed by atoms with Gasteiger partial charge in [0.15, 0.2) is 0 Å². The lowest BCUT2D eigenvalue weighted by Gasteiger charge is -2.09. The van der Waals surface area contributed by atoms with Crippen molar-refractivity contribution in [3.8, 4) is 0 Å². The Morgan fingerprint density at radius 3 is 2.54 bits per heavy atom. The molecular formula is C20H19NO3. The molecule has 122 valence electrons. The van der Waals surface area contributed by atoms with Gasteiger partial charge in [-0.3, -0.25) is 4.79 Å². The average molecular weight is 321 g/mol. The molecule has 24 heavy (non-hydrogen) atoms. The summed E-state index contributed by atoms with van der Waals surface area (Å²) < 4.78 is 5.05. The molecule has 0 saturated carbocycles. The van der Waals surface area contributed by atoms with Crippen LogP contribution < -0.4 is 4.90 Å². The molecule has 2 aromatic carbocycles. The number of anilines is 1. The molecule has 0 radical (unpaired) electrons. The predicted molar refractivity (Wildman–Crippen MR) is 94.9 cm³/mol. The molecule has 2 aromatic rings. The Kier molecular flexibility index (Phi) is 4.21. The van der Waals surface area contributed by atoms with E-state index in [1.54, 1.807) is 37.1 Å². The molecule has 1 aliphatic heterocycles. The third-order valence-corrected chi connectivity index (χ3v) is 4.08. The first-order valence-corrected chi connectivity index (χ1v) is 7.89. The topological polar surface area (TPSA) is 46.6 Å². The summed E-state index contributed by atoms with van der Waals surface area (Å²) in [7, 11) is 1.74. The van der Waals surface area contributed by atoms with E-state index in [2.05, 4.69) is 0 Å². The third kappa shape index (κ3) is 2.83. The quantitative estimate of drug-likeness (QED) is 0.640. The molecule has 0 atom stereocenters. The number of benzene rings is 2. The number of hydrogen-bond acceptors (Lipinski definition) is 3. The van der Waals surface area contributed by atoms with E-state index in [0.29, 0.717) is 17.7 Å². The number of aryl methyl sites for hydroxylation is 1. The van der Waals surface area contributed by atoms with Crippen molar-refractivity contribution in [3.05, 3.63) is 64.7 Å². The second kappa shape index (κ2) is 6.32. The maximum Gasteiger partial charge on any atom is 0.338 e. The monoisotopic (exact) mass is 321 g/mol. The standard InChI is InChI=1S/C20H19NO3/c1-4-24-20(23)15-9-10-18-16(12-15)17(19(22)21(18)3)11-14-7-5-13(2)6-8-14/h5-12H,4H2,1-3H3/b17-11+. The molecule has 0 N–H and O–H groups in total. The Bertz CT molecular complexity index is 834. The summed E-state index contributed by atoms with van der Waals surface area (Å²) >= 11 is 0. The van der Waals surface area contributed by atoms with E-state index in [0.717, 1.165) is 22.4 Å². The van der Waals surface area contributed by atoms with E-state index in [-0.39, 0.29) is 11.9 Å². The van der Waals surface area contributed by atoms with Gasteiger partial charge in [0.2, 0.25) is 0 Å². The molecule has 0 unspecified atom stereocenters. The van der Waals surface area contributed by atoms with Gasteiger partial charge in [-0.2, -0.15) is 0 Å². The summed E-state index contributed by atoms with van der Waals surface area (Å²) in [6, 6.07) is 13.2. The maximum atomic E-state index is 12.6. The van der Waals surface area contributed by atoms with Crippen molar-refractivity contribution >= 4 is 29.2 Å². The van der Waals surface area contributed by atoms with E-state index >= 15 is 0 Å². The smallest absolute Gasteiger partial charge is 0.338 e. The van der Waals surface area contributed by atoms with Crippen LogP contribution in [-0.4, -0.2) is 25.5 Å². The number of rotatable bonds is 3. The lowest BCUT2D eigenvalue weighted by Crippen LogP contribution is -2.20. The normalized spacial score (nSPS) is 14.9. The van der Waals surface area contributed by atoms with E-state index in [1.807, 2.05) is 37.3 Å². The maximum absolute atomic E-state index is 12.6. The number of carbonyl (C=O) groups is 2. The zero-order chi connectivity index (χ0) is 17.3. The Hall–Kier alpha value is -2.88. The van der Waals surface area contributed by atoms with Crippen molar-refractivity contribution in [2.24, 2.45) is 0 Å². The van der Waals surface area contributed by atoms with Gasteiger partial charge >= 0.3 is 5.97 Å². The van der Waals surface area contributed by atoms with Crippen LogP contribution in [0.2, 0.25) is 0 Å². The van der Waals surface area contributed by atoms with Crippen LogP contribution in [0.1, 0.15) is 34.0 Å². The van der Waals surface area contributed by atoms with Crippen LogP contribution in [0.25, 0.3) is 11.6 Å². The molecule has 0 saturated heterocycles. The van der Waals surface area contributed by atoms with Gasteiger partial charge in [-0.15, -0.1) is 0 Å². The third-order valence-electron chi connectivity index (χ3n) is 4.08. The molecule has 0 aliphatic carbocycles. The van der Waals surface area contributed by atoms with Gasteiger partial charge < -0.3 is 9.64 Å². The Morgan fingerprint density at radius 1 is 1.17 bits per heavy atom. The number of ether oxygens (including phenoxy) is 1. The number of hydrogen-bond donors (Lipinski definition) is 0. The van der Waals surface area contributed by atoms with Crippen molar-refractivity contribution in [3.63, 3.8) is 0 Å². The SMILES string of the molecule is CCOC(=O)c1ccc2c(c1)/C(=C\c1ccc(C)cc1)C(=O)N2C. The van der Waals surface area contributed by atoms with E-state index in [1.165, 1.54) is 0 Å². The molecule has 4 heteroatoms. The fourth-order valence-electron chi connectivity index (χ4n) is 2.76. The molecule has 0 spiro atoms. The summed E-state index contributed by atoms with van der Waals surface area (Å²) in [5.41, 5.74) is 4.71. The highest BCUT2D eigenvalue weighted by Gasteiger charge is 2.30. The van der Waals surface area contributed by atoms with Crippen LogP contribution in [-0.2, 0) is 9.53 Å². The first-order chi connectivity index (χ1) is 11.5. The fraction of sp³-hybridized carbons (Fsp3) is 0.200. The number of likely N-dealkylation sites (N-methyl/N-ethyl adjacent to an activating group) is 1. The van der Waals surface area contributed by atoms with Gasteiger partial charge in [0.05, 0.1) is 17.9 Å².